The van der Waals surface area contributed by atoms with Gasteiger partial charge in [-0.25, -0.2) is 0 Å². The van der Waals surface area contributed by atoms with E-state index in [9.17, 15) is 18.0 Å². The molecule has 0 aliphatic carbocycles. The normalized spacial score (nSPS) is 14.8. The molecule has 3 heterocycles. The van der Waals surface area contributed by atoms with Crippen LogP contribution in [0.25, 0.3) is 16.6 Å². The number of fused-ring (bicyclic) bond motifs is 3. The molecule has 200 valence electrons. The van der Waals surface area contributed by atoms with Crippen LogP contribution in [0, 0.1) is 6.92 Å². The van der Waals surface area contributed by atoms with Gasteiger partial charge in [-0.15, -0.1) is 10.2 Å². The second-order valence-electron chi connectivity index (χ2n) is 9.35. The van der Waals surface area contributed by atoms with E-state index in [1.54, 1.807) is 52.5 Å². The Hall–Kier alpha value is -4.11. The summed E-state index contributed by atoms with van der Waals surface area (Å²) in [4.78, 5) is 12.9. The van der Waals surface area contributed by atoms with E-state index in [4.69, 9.17) is 11.6 Å². The standard InChI is InChI=1S/C23H19ClF3N5O.C6H6/c1-13-2-6-19-17(8-13)21(23(25,26)27)20-7-3-14(10-32(19)20)30-22(33)16-5-4-15(9-18(16)24)31-11-28-29-12-31;1-2-4-6-5-3-1/h2,4-6,8-9,11-12,14H,3,7,10H2,1H3,(H,30,33);1-6H. The van der Waals surface area contributed by atoms with Gasteiger partial charge in [0.05, 0.1) is 16.1 Å². The van der Waals surface area contributed by atoms with Crippen molar-refractivity contribution in [3.63, 3.8) is 0 Å². The third kappa shape index (κ3) is 5.68. The lowest BCUT2D eigenvalue weighted by Crippen LogP contribution is -2.41. The fraction of sp³-hybridized carbons (Fsp3) is 0.207. The maximum absolute atomic E-state index is 13.9. The number of aryl methyl sites for hydroxylation is 1. The van der Waals surface area contributed by atoms with Gasteiger partial charge in [-0.1, -0.05) is 59.6 Å². The molecule has 3 aromatic carbocycles. The largest absolute Gasteiger partial charge is 0.418 e. The number of hydrogen-bond donors (Lipinski definition) is 1. The molecule has 39 heavy (non-hydrogen) atoms. The topological polar surface area (TPSA) is 64.7 Å². The van der Waals surface area contributed by atoms with Crippen molar-refractivity contribution in [2.24, 2.45) is 0 Å². The molecule has 0 fully saturated rings. The van der Waals surface area contributed by atoms with Crippen molar-refractivity contribution in [3.05, 3.63) is 113 Å². The minimum Gasteiger partial charge on any atom is -0.347 e. The molecule has 1 atom stereocenters. The molecule has 0 radical (unpaired) electrons. The van der Waals surface area contributed by atoms with Crippen LogP contribution in [0.2, 0.25) is 5.02 Å². The van der Waals surface area contributed by atoms with E-state index in [0.717, 1.165) is 5.56 Å². The van der Waals surface area contributed by atoms with E-state index in [1.807, 2.05) is 36.4 Å². The van der Waals surface area contributed by atoms with Gasteiger partial charge in [0.2, 0.25) is 0 Å². The molecular weight excluding hydrogens is 527 g/mol. The highest BCUT2D eigenvalue weighted by molar-refractivity contribution is 6.34. The average Bonchev–Trinajstić information content (AvgIpc) is 3.56. The number of nitrogens with zero attached hydrogens (tertiary/aromatic N) is 4. The van der Waals surface area contributed by atoms with Crippen molar-refractivity contribution in [1.82, 2.24) is 24.6 Å². The lowest BCUT2D eigenvalue weighted by atomic mass is 10.0. The maximum atomic E-state index is 13.9. The van der Waals surface area contributed by atoms with Crippen LogP contribution in [0.4, 0.5) is 13.2 Å². The molecule has 1 N–H and O–H groups in total. The summed E-state index contributed by atoms with van der Waals surface area (Å²) >= 11 is 6.34. The Kier molecular flexibility index (Phi) is 7.43. The highest BCUT2D eigenvalue weighted by atomic mass is 35.5. The predicted molar refractivity (Wildman–Crippen MR) is 144 cm³/mol. The molecule has 6 rings (SSSR count). The Balaban J connectivity index is 0.000000455. The van der Waals surface area contributed by atoms with Crippen LogP contribution in [-0.4, -0.2) is 31.3 Å². The number of hydrogen-bond acceptors (Lipinski definition) is 3. The lowest BCUT2D eigenvalue weighted by molar-refractivity contribution is -0.137. The van der Waals surface area contributed by atoms with Crippen LogP contribution in [-0.2, 0) is 19.1 Å². The van der Waals surface area contributed by atoms with Crippen molar-refractivity contribution in [3.8, 4) is 5.69 Å². The first-order valence-corrected chi connectivity index (χ1v) is 12.7. The zero-order chi connectivity index (χ0) is 27.6. The van der Waals surface area contributed by atoms with Crippen LogP contribution < -0.4 is 5.32 Å². The van der Waals surface area contributed by atoms with Gasteiger partial charge in [-0.3, -0.25) is 9.36 Å². The number of amides is 1. The lowest BCUT2D eigenvalue weighted by Gasteiger charge is -2.27. The van der Waals surface area contributed by atoms with Crippen LogP contribution >= 0.6 is 11.6 Å². The van der Waals surface area contributed by atoms with Gasteiger partial charge in [0.15, 0.2) is 0 Å². The first-order chi connectivity index (χ1) is 18.7. The third-order valence-electron chi connectivity index (χ3n) is 6.66. The summed E-state index contributed by atoms with van der Waals surface area (Å²) < 4.78 is 45.0. The molecule has 0 bridgehead atoms. The van der Waals surface area contributed by atoms with E-state index < -0.39 is 11.7 Å². The van der Waals surface area contributed by atoms with E-state index in [1.165, 1.54) is 12.7 Å². The van der Waals surface area contributed by atoms with E-state index in [0.29, 0.717) is 23.2 Å². The second kappa shape index (κ2) is 10.9. The van der Waals surface area contributed by atoms with Gasteiger partial charge in [-0.05, 0) is 50.1 Å². The van der Waals surface area contributed by atoms with Crippen molar-refractivity contribution in [1.29, 1.82) is 0 Å². The summed E-state index contributed by atoms with van der Waals surface area (Å²) in [5, 5.41) is 10.9. The molecular formula is C29H25ClF3N5O. The van der Waals surface area contributed by atoms with E-state index >= 15 is 0 Å². The number of nitrogens with one attached hydrogen (secondary N) is 1. The number of rotatable bonds is 3. The zero-order valence-electron chi connectivity index (χ0n) is 21.0. The summed E-state index contributed by atoms with van der Waals surface area (Å²) in [6.07, 6.45) is -0.788. The first kappa shape index (κ1) is 26.5. The van der Waals surface area contributed by atoms with Crippen LogP contribution in [0.1, 0.15) is 33.6 Å². The molecule has 0 spiro atoms. The minimum absolute atomic E-state index is 0.206. The van der Waals surface area contributed by atoms with Crippen LogP contribution in [0.3, 0.4) is 0 Å². The first-order valence-electron chi connectivity index (χ1n) is 12.4. The minimum atomic E-state index is -4.44. The number of alkyl halides is 3. The van der Waals surface area contributed by atoms with Crippen molar-refractivity contribution >= 4 is 28.4 Å². The van der Waals surface area contributed by atoms with Gasteiger partial charge in [-0.2, -0.15) is 13.2 Å². The van der Waals surface area contributed by atoms with Crippen molar-refractivity contribution in [2.75, 3.05) is 0 Å². The summed E-state index contributed by atoms with van der Waals surface area (Å²) in [5.41, 5.74) is 1.99. The molecule has 1 aliphatic rings. The molecule has 1 aliphatic heterocycles. The van der Waals surface area contributed by atoms with Gasteiger partial charge < -0.3 is 9.88 Å². The van der Waals surface area contributed by atoms with Gasteiger partial charge in [0.1, 0.15) is 12.7 Å². The molecule has 0 saturated carbocycles. The zero-order valence-corrected chi connectivity index (χ0v) is 21.7. The fourth-order valence-electron chi connectivity index (χ4n) is 4.88. The predicted octanol–water partition coefficient (Wildman–Crippen LogP) is 6.63. The quantitative estimate of drug-likeness (QED) is 0.273. The molecule has 10 heteroatoms. The summed E-state index contributed by atoms with van der Waals surface area (Å²) in [7, 11) is 0. The van der Waals surface area contributed by atoms with Gasteiger partial charge >= 0.3 is 6.18 Å². The molecule has 5 aromatic rings. The van der Waals surface area contributed by atoms with Crippen LogP contribution in [0.15, 0.2) is 85.5 Å². The number of carbonyl (C=O) groups is 1. The Morgan fingerprint density at radius 3 is 2.28 bits per heavy atom. The van der Waals surface area contributed by atoms with Crippen LogP contribution in [0.5, 0.6) is 0 Å². The Morgan fingerprint density at radius 2 is 1.67 bits per heavy atom. The summed E-state index contributed by atoms with van der Waals surface area (Å²) in [6, 6.07) is 21.7. The van der Waals surface area contributed by atoms with E-state index in [2.05, 4.69) is 15.5 Å². The molecule has 6 nitrogen and oxygen atoms in total. The molecule has 2 aromatic heterocycles. The highest BCUT2D eigenvalue weighted by Gasteiger charge is 2.40. The molecule has 1 amide bonds. The Morgan fingerprint density at radius 1 is 1.00 bits per heavy atom. The number of carbonyl (C=O) groups excluding carboxylic acids is 1. The van der Waals surface area contributed by atoms with E-state index in [-0.39, 0.29) is 41.0 Å². The second-order valence-corrected chi connectivity index (χ2v) is 9.75. The molecule has 1 unspecified atom stereocenters. The number of halogens is 4. The molecule has 0 saturated heterocycles. The van der Waals surface area contributed by atoms with Gasteiger partial charge in [0.25, 0.3) is 5.91 Å². The monoisotopic (exact) mass is 551 g/mol. The fourth-order valence-corrected chi connectivity index (χ4v) is 5.14. The Bertz CT molecular complexity index is 1570. The summed E-state index contributed by atoms with van der Waals surface area (Å²) in [5.74, 6) is -0.368. The maximum Gasteiger partial charge on any atom is 0.418 e. The highest BCUT2D eigenvalue weighted by Crippen LogP contribution is 2.41. The average molecular weight is 552 g/mol. The van der Waals surface area contributed by atoms with Crippen molar-refractivity contribution < 1.29 is 18.0 Å². The summed E-state index contributed by atoms with van der Waals surface area (Å²) in [6.45, 7) is 2.03. The Labute approximate surface area is 228 Å². The smallest absolute Gasteiger partial charge is 0.347 e. The third-order valence-corrected chi connectivity index (χ3v) is 6.97. The number of benzene rings is 3. The van der Waals surface area contributed by atoms with Gasteiger partial charge in [0, 0.05) is 34.9 Å². The SMILES string of the molecule is Cc1ccc2c(c1)c(C(F)(F)F)c1n2CC(NC(=O)c2ccc(-n3cnnc3)cc2Cl)CC1.c1ccccc1. The number of aromatic nitrogens is 4. The van der Waals surface area contributed by atoms with Crippen molar-refractivity contribution in [2.45, 2.75) is 38.5 Å².